The summed E-state index contributed by atoms with van der Waals surface area (Å²) in [6, 6.07) is 0. The van der Waals surface area contributed by atoms with E-state index in [-0.39, 0.29) is 23.7 Å². The van der Waals surface area contributed by atoms with Crippen molar-refractivity contribution in [1.82, 2.24) is 10.2 Å². The summed E-state index contributed by atoms with van der Waals surface area (Å²) < 4.78 is 0. The van der Waals surface area contributed by atoms with Gasteiger partial charge in [0.15, 0.2) is 0 Å². The zero-order valence-corrected chi connectivity index (χ0v) is 14.2. The average molecular weight is 296 g/mol. The zero-order chi connectivity index (χ0) is 15.8. The lowest BCUT2D eigenvalue weighted by Gasteiger charge is -2.30. The van der Waals surface area contributed by atoms with E-state index >= 15 is 0 Å². The highest BCUT2D eigenvalue weighted by Gasteiger charge is 2.31. The molecule has 0 unspecified atom stereocenters. The van der Waals surface area contributed by atoms with Gasteiger partial charge in [-0.15, -0.1) is 0 Å². The van der Waals surface area contributed by atoms with Crippen LogP contribution in [0.5, 0.6) is 0 Å². The molecule has 0 spiro atoms. The Morgan fingerprint density at radius 3 is 2.05 bits per heavy atom. The average Bonchev–Trinajstić information content (AvgIpc) is 2.48. The Kier molecular flexibility index (Phi) is 7.76. The van der Waals surface area contributed by atoms with Crippen LogP contribution in [0.3, 0.4) is 0 Å². The van der Waals surface area contributed by atoms with Gasteiger partial charge in [0.05, 0.1) is 0 Å². The number of carbonyl (C=O) groups excluding carboxylic acids is 2. The fraction of sp³-hybridized carbons (Fsp3) is 0.882. The number of hydrogen-bond donors (Lipinski definition) is 1. The largest absolute Gasteiger partial charge is 0.356 e. The van der Waals surface area contributed by atoms with E-state index in [2.05, 4.69) is 19.2 Å². The number of hydrogen-bond acceptors (Lipinski definition) is 2. The topological polar surface area (TPSA) is 49.4 Å². The molecule has 0 aliphatic heterocycles. The minimum atomic E-state index is 0.109. The Hall–Kier alpha value is -1.06. The Morgan fingerprint density at radius 2 is 1.57 bits per heavy atom. The molecule has 0 bridgehead atoms. The van der Waals surface area contributed by atoms with Gasteiger partial charge >= 0.3 is 0 Å². The van der Waals surface area contributed by atoms with Crippen molar-refractivity contribution < 1.29 is 9.59 Å². The van der Waals surface area contributed by atoms with Gasteiger partial charge in [-0.2, -0.15) is 0 Å². The molecule has 1 N–H and O–H groups in total. The highest BCUT2D eigenvalue weighted by molar-refractivity contribution is 5.81. The Morgan fingerprint density at radius 1 is 1.05 bits per heavy atom. The second-order valence-electron chi connectivity index (χ2n) is 6.53. The van der Waals surface area contributed by atoms with Gasteiger partial charge in [0.1, 0.15) is 0 Å². The molecule has 4 heteroatoms. The van der Waals surface area contributed by atoms with E-state index < -0.39 is 0 Å². The number of carbonyl (C=O) groups is 2. The van der Waals surface area contributed by atoms with Crippen molar-refractivity contribution in [3.05, 3.63) is 0 Å². The highest BCUT2D eigenvalue weighted by Crippen LogP contribution is 2.30. The molecule has 0 aromatic heterocycles. The molecule has 4 nitrogen and oxygen atoms in total. The fourth-order valence-corrected chi connectivity index (χ4v) is 3.02. The van der Waals surface area contributed by atoms with Gasteiger partial charge in [0.25, 0.3) is 0 Å². The molecule has 21 heavy (non-hydrogen) atoms. The first kappa shape index (κ1) is 18.0. The quantitative estimate of drug-likeness (QED) is 0.785. The van der Waals surface area contributed by atoms with Gasteiger partial charge in [-0.3, -0.25) is 9.59 Å². The van der Waals surface area contributed by atoms with Crippen LogP contribution in [-0.4, -0.2) is 36.3 Å². The lowest BCUT2D eigenvalue weighted by atomic mass is 9.81. The standard InChI is InChI=1S/C17H32N2O2/c1-5-19(6-2)17(21)15-9-7-14(8-10-15)16(20)18-12-11-13(3)4/h13-15H,5-12H2,1-4H3,(H,18,20). The van der Waals surface area contributed by atoms with Crippen LogP contribution in [0.4, 0.5) is 0 Å². The van der Waals surface area contributed by atoms with Crippen molar-refractivity contribution in [1.29, 1.82) is 0 Å². The van der Waals surface area contributed by atoms with Gasteiger partial charge in [0, 0.05) is 31.5 Å². The second kappa shape index (κ2) is 9.06. The maximum Gasteiger partial charge on any atom is 0.225 e. The molecule has 1 rings (SSSR count). The zero-order valence-electron chi connectivity index (χ0n) is 14.2. The van der Waals surface area contributed by atoms with Crippen LogP contribution >= 0.6 is 0 Å². The summed E-state index contributed by atoms with van der Waals surface area (Å²) in [5.74, 6) is 1.32. The minimum absolute atomic E-state index is 0.109. The van der Waals surface area contributed by atoms with E-state index in [1.165, 1.54) is 0 Å². The molecular weight excluding hydrogens is 264 g/mol. The van der Waals surface area contributed by atoms with Crippen LogP contribution < -0.4 is 5.32 Å². The van der Waals surface area contributed by atoms with Gasteiger partial charge in [-0.1, -0.05) is 13.8 Å². The number of amides is 2. The van der Waals surface area contributed by atoms with Gasteiger partial charge in [-0.25, -0.2) is 0 Å². The monoisotopic (exact) mass is 296 g/mol. The fourth-order valence-electron chi connectivity index (χ4n) is 3.02. The summed E-state index contributed by atoms with van der Waals surface area (Å²) >= 11 is 0. The predicted octanol–water partition coefficient (Wildman–Crippen LogP) is 2.82. The van der Waals surface area contributed by atoms with Crippen LogP contribution in [0.25, 0.3) is 0 Å². The van der Waals surface area contributed by atoms with Crippen LogP contribution in [-0.2, 0) is 9.59 Å². The van der Waals surface area contributed by atoms with Crippen molar-refractivity contribution in [3.8, 4) is 0 Å². The number of nitrogens with zero attached hydrogens (tertiary/aromatic N) is 1. The van der Waals surface area contributed by atoms with E-state index in [1.807, 2.05) is 18.7 Å². The van der Waals surface area contributed by atoms with Crippen molar-refractivity contribution in [2.24, 2.45) is 17.8 Å². The minimum Gasteiger partial charge on any atom is -0.356 e. The first-order chi connectivity index (χ1) is 9.99. The Balaban J connectivity index is 2.34. The predicted molar refractivity (Wildman–Crippen MR) is 85.8 cm³/mol. The molecule has 0 aromatic rings. The molecule has 1 aliphatic rings. The summed E-state index contributed by atoms with van der Waals surface area (Å²) in [5.41, 5.74) is 0. The third kappa shape index (κ3) is 5.68. The highest BCUT2D eigenvalue weighted by atomic mass is 16.2. The van der Waals surface area contributed by atoms with E-state index in [0.717, 1.165) is 51.7 Å². The maximum atomic E-state index is 12.3. The molecule has 1 aliphatic carbocycles. The summed E-state index contributed by atoms with van der Waals surface area (Å²) in [6.07, 6.45) is 4.45. The van der Waals surface area contributed by atoms with Crippen molar-refractivity contribution >= 4 is 11.8 Å². The van der Waals surface area contributed by atoms with Gasteiger partial charge in [-0.05, 0) is 51.9 Å². The van der Waals surface area contributed by atoms with Gasteiger partial charge in [0.2, 0.25) is 11.8 Å². The number of rotatable bonds is 7. The molecule has 2 amide bonds. The summed E-state index contributed by atoms with van der Waals surface area (Å²) in [7, 11) is 0. The molecule has 0 saturated heterocycles. The molecular formula is C17H32N2O2. The van der Waals surface area contributed by atoms with Gasteiger partial charge < -0.3 is 10.2 Å². The number of nitrogens with one attached hydrogen (secondary N) is 1. The van der Waals surface area contributed by atoms with E-state index in [9.17, 15) is 9.59 Å². The molecule has 0 atom stereocenters. The third-order valence-corrected chi connectivity index (χ3v) is 4.54. The lowest BCUT2D eigenvalue weighted by Crippen LogP contribution is -2.40. The first-order valence-corrected chi connectivity index (χ1v) is 8.56. The smallest absolute Gasteiger partial charge is 0.225 e. The maximum absolute atomic E-state index is 12.3. The molecule has 0 aromatic carbocycles. The summed E-state index contributed by atoms with van der Waals surface area (Å²) in [4.78, 5) is 26.3. The normalized spacial score (nSPS) is 22.1. The lowest BCUT2D eigenvalue weighted by molar-refractivity contribution is -0.138. The van der Waals surface area contributed by atoms with Crippen LogP contribution in [0.1, 0.15) is 59.8 Å². The van der Waals surface area contributed by atoms with Crippen LogP contribution in [0.2, 0.25) is 0 Å². The van der Waals surface area contributed by atoms with Crippen LogP contribution in [0, 0.1) is 17.8 Å². The molecule has 122 valence electrons. The van der Waals surface area contributed by atoms with Crippen molar-refractivity contribution in [2.45, 2.75) is 59.8 Å². The third-order valence-electron chi connectivity index (χ3n) is 4.54. The molecule has 0 radical (unpaired) electrons. The summed E-state index contributed by atoms with van der Waals surface area (Å²) in [5, 5.41) is 3.04. The van der Waals surface area contributed by atoms with E-state index in [1.54, 1.807) is 0 Å². The van der Waals surface area contributed by atoms with Crippen molar-refractivity contribution in [2.75, 3.05) is 19.6 Å². The van der Waals surface area contributed by atoms with E-state index in [0.29, 0.717) is 5.92 Å². The van der Waals surface area contributed by atoms with E-state index in [4.69, 9.17) is 0 Å². The SMILES string of the molecule is CCN(CC)C(=O)C1CCC(C(=O)NCCC(C)C)CC1. The second-order valence-corrected chi connectivity index (χ2v) is 6.53. The molecule has 0 heterocycles. The molecule has 1 saturated carbocycles. The first-order valence-electron chi connectivity index (χ1n) is 8.56. The van der Waals surface area contributed by atoms with Crippen LogP contribution in [0.15, 0.2) is 0 Å². The Labute approximate surface area is 129 Å². The Bertz CT molecular complexity index is 330. The summed E-state index contributed by atoms with van der Waals surface area (Å²) in [6.45, 7) is 10.7. The molecule has 1 fully saturated rings. The van der Waals surface area contributed by atoms with Crippen molar-refractivity contribution in [3.63, 3.8) is 0 Å².